The summed E-state index contributed by atoms with van der Waals surface area (Å²) in [6, 6.07) is 21.3. The zero-order chi connectivity index (χ0) is 19.9. The van der Waals surface area contributed by atoms with Gasteiger partial charge in [-0.3, -0.25) is 9.78 Å². The third kappa shape index (κ3) is 4.46. The number of rotatable bonds is 6. The average molecular weight is 372 g/mol. The Hall–Kier alpha value is -3.40. The molecule has 28 heavy (non-hydrogen) atoms. The summed E-state index contributed by atoms with van der Waals surface area (Å²) in [7, 11) is 3.43. The summed E-state index contributed by atoms with van der Waals surface area (Å²) in [5, 5.41) is 0. The van der Waals surface area contributed by atoms with Crippen LogP contribution in [-0.2, 0) is 4.79 Å². The highest BCUT2D eigenvalue weighted by Gasteiger charge is 2.23. The van der Waals surface area contributed by atoms with Crippen molar-refractivity contribution in [2.75, 3.05) is 14.2 Å². The van der Waals surface area contributed by atoms with Crippen LogP contribution in [-0.4, -0.2) is 29.9 Å². The SMILES string of the molecule is COc1ccc(C)cc1C=CC(=O)N(C)C(c1ccccc1)c1ccccn1. The van der Waals surface area contributed by atoms with Crippen LogP contribution in [0.4, 0.5) is 0 Å². The van der Waals surface area contributed by atoms with Gasteiger partial charge in [0.1, 0.15) is 5.75 Å². The average Bonchev–Trinajstić information content (AvgIpc) is 2.73. The maximum absolute atomic E-state index is 13.0. The van der Waals surface area contributed by atoms with E-state index < -0.39 is 0 Å². The van der Waals surface area contributed by atoms with Crippen LogP contribution >= 0.6 is 0 Å². The summed E-state index contributed by atoms with van der Waals surface area (Å²) in [5.41, 5.74) is 3.82. The van der Waals surface area contributed by atoms with Crippen molar-refractivity contribution in [3.8, 4) is 5.75 Å². The van der Waals surface area contributed by atoms with E-state index in [2.05, 4.69) is 4.98 Å². The van der Waals surface area contributed by atoms with Crippen molar-refractivity contribution in [2.45, 2.75) is 13.0 Å². The molecule has 3 aromatic rings. The predicted octanol–water partition coefficient (Wildman–Crippen LogP) is 4.66. The standard InChI is InChI=1S/C24H24N2O2/c1-18-12-14-22(28-3)20(17-18)13-15-23(27)26(2)24(19-9-5-4-6-10-19)21-11-7-8-16-25-21/h4-17,24H,1-3H3. The second-order valence-corrected chi connectivity index (χ2v) is 6.60. The number of aryl methyl sites for hydroxylation is 1. The molecule has 0 fully saturated rings. The van der Waals surface area contributed by atoms with Crippen molar-refractivity contribution in [1.82, 2.24) is 9.88 Å². The van der Waals surface area contributed by atoms with Crippen molar-refractivity contribution in [3.63, 3.8) is 0 Å². The Bertz CT molecular complexity index is 913. The van der Waals surface area contributed by atoms with Crippen LogP contribution in [0.15, 0.2) is 79.0 Å². The van der Waals surface area contributed by atoms with Crippen LogP contribution in [0, 0.1) is 6.92 Å². The van der Waals surface area contributed by atoms with Gasteiger partial charge in [-0.15, -0.1) is 0 Å². The first-order chi connectivity index (χ1) is 13.6. The zero-order valence-corrected chi connectivity index (χ0v) is 16.4. The Morgan fingerprint density at radius 2 is 1.82 bits per heavy atom. The molecule has 1 amide bonds. The van der Waals surface area contributed by atoms with Gasteiger partial charge >= 0.3 is 0 Å². The maximum atomic E-state index is 13.0. The predicted molar refractivity (Wildman–Crippen MR) is 112 cm³/mol. The molecule has 1 atom stereocenters. The van der Waals surface area contributed by atoms with Gasteiger partial charge in [-0.25, -0.2) is 0 Å². The van der Waals surface area contributed by atoms with E-state index in [0.29, 0.717) is 0 Å². The summed E-state index contributed by atoms with van der Waals surface area (Å²) in [6.07, 6.45) is 5.12. The Balaban J connectivity index is 1.90. The van der Waals surface area contributed by atoms with Gasteiger partial charge in [-0.1, -0.05) is 48.0 Å². The molecule has 2 aromatic carbocycles. The minimum Gasteiger partial charge on any atom is -0.496 e. The number of aromatic nitrogens is 1. The van der Waals surface area contributed by atoms with Crippen LogP contribution in [0.5, 0.6) is 5.75 Å². The minimum absolute atomic E-state index is 0.108. The number of likely N-dealkylation sites (N-methyl/N-ethyl adjacent to an activating group) is 1. The first-order valence-corrected chi connectivity index (χ1v) is 9.15. The Labute approximate surface area is 166 Å². The van der Waals surface area contributed by atoms with Gasteiger partial charge in [0.2, 0.25) is 5.91 Å². The van der Waals surface area contributed by atoms with E-state index in [4.69, 9.17) is 4.74 Å². The fourth-order valence-electron chi connectivity index (χ4n) is 3.16. The molecule has 142 valence electrons. The molecule has 0 spiro atoms. The molecular weight excluding hydrogens is 348 g/mol. The van der Waals surface area contributed by atoms with Crippen LogP contribution in [0.25, 0.3) is 6.08 Å². The Kier molecular flexibility index (Phi) is 6.22. The van der Waals surface area contributed by atoms with Crippen molar-refractivity contribution < 1.29 is 9.53 Å². The Morgan fingerprint density at radius 3 is 2.50 bits per heavy atom. The lowest BCUT2D eigenvalue weighted by atomic mass is 10.0. The number of ether oxygens (including phenoxy) is 1. The molecule has 1 aromatic heterocycles. The summed E-state index contributed by atoms with van der Waals surface area (Å²) >= 11 is 0. The molecule has 0 bridgehead atoms. The van der Waals surface area contributed by atoms with Crippen LogP contribution < -0.4 is 4.74 Å². The topological polar surface area (TPSA) is 42.4 Å². The molecule has 0 radical (unpaired) electrons. The molecule has 0 aliphatic carbocycles. The number of nitrogens with zero attached hydrogens (tertiary/aromatic N) is 2. The summed E-state index contributed by atoms with van der Waals surface area (Å²) < 4.78 is 5.39. The number of carbonyl (C=O) groups is 1. The van der Waals surface area contributed by atoms with Crippen molar-refractivity contribution in [3.05, 3.63) is 101 Å². The number of methoxy groups -OCH3 is 1. The normalized spacial score (nSPS) is 12.0. The van der Waals surface area contributed by atoms with Crippen LogP contribution in [0.2, 0.25) is 0 Å². The smallest absolute Gasteiger partial charge is 0.247 e. The van der Waals surface area contributed by atoms with Gasteiger partial charge in [-0.2, -0.15) is 0 Å². The van der Waals surface area contributed by atoms with Crippen LogP contribution in [0.1, 0.15) is 28.4 Å². The third-order valence-electron chi connectivity index (χ3n) is 4.61. The molecule has 0 aliphatic rings. The molecule has 0 saturated carbocycles. The van der Waals surface area contributed by atoms with E-state index >= 15 is 0 Å². The molecule has 0 N–H and O–H groups in total. The van der Waals surface area contributed by atoms with Crippen molar-refractivity contribution in [2.24, 2.45) is 0 Å². The lowest BCUT2D eigenvalue weighted by Gasteiger charge is -2.27. The fourth-order valence-corrected chi connectivity index (χ4v) is 3.16. The molecule has 0 saturated heterocycles. The van der Waals surface area contributed by atoms with Gasteiger partial charge < -0.3 is 9.64 Å². The van der Waals surface area contributed by atoms with E-state index in [1.807, 2.05) is 73.7 Å². The number of pyridine rings is 1. The number of benzene rings is 2. The van der Waals surface area contributed by atoms with Crippen LogP contribution in [0.3, 0.4) is 0 Å². The first-order valence-electron chi connectivity index (χ1n) is 9.15. The van der Waals surface area contributed by atoms with Gasteiger partial charge in [0.25, 0.3) is 0 Å². The molecule has 0 aliphatic heterocycles. The number of hydrogen-bond acceptors (Lipinski definition) is 3. The van der Waals surface area contributed by atoms with Crippen molar-refractivity contribution in [1.29, 1.82) is 0 Å². The summed E-state index contributed by atoms with van der Waals surface area (Å²) in [6.45, 7) is 2.01. The highest BCUT2D eigenvalue weighted by molar-refractivity contribution is 5.92. The van der Waals surface area contributed by atoms with Gasteiger partial charge in [0.15, 0.2) is 0 Å². The largest absolute Gasteiger partial charge is 0.496 e. The molecule has 1 unspecified atom stereocenters. The Morgan fingerprint density at radius 1 is 1.07 bits per heavy atom. The quantitative estimate of drug-likeness (QED) is 0.591. The second-order valence-electron chi connectivity index (χ2n) is 6.60. The van der Waals surface area contributed by atoms with E-state index in [-0.39, 0.29) is 11.9 Å². The van der Waals surface area contributed by atoms with Gasteiger partial charge in [0.05, 0.1) is 18.8 Å². The molecule has 1 heterocycles. The number of amides is 1. The summed E-state index contributed by atoms with van der Waals surface area (Å²) in [4.78, 5) is 19.1. The highest BCUT2D eigenvalue weighted by Crippen LogP contribution is 2.27. The molecule has 4 nitrogen and oxygen atoms in total. The molecule has 4 heteroatoms. The maximum Gasteiger partial charge on any atom is 0.247 e. The first kappa shape index (κ1) is 19.4. The third-order valence-corrected chi connectivity index (χ3v) is 4.61. The minimum atomic E-state index is -0.265. The van der Waals surface area contributed by atoms with E-state index in [1.165, 1.54) is 0 Å². The fraction of sp³-hybridized carbons (Fsp3) is 0.167. The highest BCUT2D eigenvalue weighted by atomic mass is 16.5. The van der Waals surface area contributed by atoms with E-state index in [1.54, 1.807) is 37.4 Å². The zero-order valence-electron chi connectivity index (χ0n) is 16.4. The monoisotopic (exact) mass is 372 g/mol. The lowest BCUT2D eigenvalue weighted by Crippen LogP contribution is -2.31. The van der Waals surface area contributed by atoms with E-state index in [0.717, 1.165) is 28.1 Å². The van der Waals surface area contributed by atoms with Gasteiger partial charge in [-0.05, 0) is 42.8 Å². The molecular formula is C24H24N2O2. The summed E-state index contributed by atoms with van der Waals surface area (Å²) in [5.74, 6) is 0.629. The lowest BCUT2D eigenvalue weighted by molar-refractivity contribution is -0.126. The molecule has 3 rings (SSSR count). The number of hydrogen-bond donors (Lipinski definition) is 0. The number of carbonyl (C=O) groups excluding carboxylic acids is 1. The van der Waals surface area contributed by atoms with E-state index in [9.17, 15) is 4.79 Å². The van der Waals surface area contributed by atoms with Gasteiger partial charge in [0, 0.05) is 24.9 Å². The van der Waals surface area contributed by atoms with Crippen molar-refractivity contribution >= 4 is 12.0 Å². The second kappa shape index (κ2) is 9.00.